The lowest BCUT2D eigenvalue weighted by molar-refractivity contribution is 0.184. The molecule has 1 aliphatic rings. The van der Waals surface area contributed by atoms with Crippen LogP contribution in [0.4, 0.5) is 5.95 Å². The van der Waals surface area contributed by atoms with Crippen LogP contribution in [-0.2, 0) is 18.3 Å². The number of aromatic nitrogens is 2. The molecule has 102 valence electrons. The zero-order valence-corrected chi connectivity index (χ0v) is 11.6. The van der Waals surface area contributed by atoms with Gasteiger partial charge in [0, 0.05) is 40.9 Å². The quantitative estimate of drug-likeness (QED) is 0.767. The van der Waals surface area contributed by atoms with Crippen LogP contribution < -0.4 is 10.2 Å². The molecule has 18 heavy (non-hydrogen) atoms. The summed E-state index contributed by atoms with van der Waals surface area (Å²) in [6.07, 6.45) is 4.37. The van der Waals surface area contributed by atoms with Crippen LogP contribution in [0.1, 0.15) is 18.5 Å². The largest absolute Gasteiger partial charge is 0.381 e. The van der Waals surface area contributed by atoms with Crippen LogP contribution in [-0.4, -0.2) is 43.4 Å². The van der Waals surface area contributed by atoms with Gasteiger partial charge in [-0.05, 0) is 25.3 Å². The van der Waals surface area contributed by atoms with Crippen LogP contribution in [0.2, 0.25) is 0 Å². The summed E-state index contributed by atoms with van der Waals surface area (Å²) >= 11 is 0. The highest BCUT2D eigenvalue weighted by Gasteiger charge is 2.14. The van der Waals surface area contributed by atoms with Gasteiger partial charge in [0.15, 0.2) is 0 Å². The second-order valence-corrected chi connectivity index (χ2v) is 5.20. The molecule has 0 aliphatic carbocycles. The topological polar surface area (TPSA) is 42.3 Å². The lowest BCUT2D eigenvalue weighted by Gasteiger charge is -2.13. The average Bonchev–Trinajstić information content (AvgIpc) is 2.95. The minimum Gasteiger partial charge on any atom is -0.381 e. The van der Waals surface area contributed by atoms with Gasteiger partial charge in [-0.1, -0.05) is 0 Å². The first-order valence-corrected chi connectivity index (χ1v) is 6.65. The van der Waals surface area contributed by atoms with Crippen LogP contribution in [0.5, 0.6) is 0 Å². The monoisotopic (exact) mass is 252 g/mol. The van der Waals surface area contributed by atoms with Crippen LogP contribution in [0.3, 0.4) is 0 Å². The number of imidazole rings is 1. The van der Waals surface area contributed by atoms with E-state index in [1.165, 1.54) is 18.5 Å². The molecule has 2 rings (SSSR count). The highest BCUT2D eigenvalue weighted by Crippen LogP contribution is 2.15. The summed E-state index contributed by atoms with van der Waals surface area (Å²) < 4.78 is 7.50. The molecule has 0 aromatic carbocycles. The molecule has 1 N–H and O–H groups in total. The van der Waals surface area contributed by atoms with Gasteiger partial charge in [-0.2, -0.15) is 0 Å². The second kappa shape index (κ2) is 6.20. The van der Waals surface area contributed by atoms with E-state index in [0.29, 0.717) is 0 Å². The highest BCUT2D eigenvalue weighted by molar-refractivity contribution is 5.30. The molecule has 1 saturated heterocycles. The first kappa shape index (κ1) is 13.4. The fraction of sp³-hybridized carbons (Fsp3) is 0.769. The lowest BCUT2D eigenvalue weighted by Crippen LogP contribution is -2.20. The molecule has 0 radical (unpaired) electrons. The summed E-state index contributed by atoms with van der Waals surface area (Å²) in [4.78, 5) is 6.43. The summed E-state index contributed by atoms with van der Waals surface area (Å²) in [6.45, 7) is 3.82. The highest BCUT2D eigenvalue weighted by atomic mass is 16.5. The minimum absolute atomic E-state index is 0.751. The molecule has 5 nitrogen and oxygen atoms in total. The molecular weight excluding hydrogens is 228 g/mol. The smallest absolute Gasteiger partial charge is 0.204 e. The van der Waals surface area contributed by atoms with Crippen molar-refractivity contribution in [3.8, 4) is 0 Å². The van der Waals surface area contributed by atoms with E-state index in [1.807, 2.05) is 25.2 Å². The average molecular weight is 252 g/mol. The first-order chi connectivity index (χ1) is 8.68. The number of hydrogen-bond acceptors (Lipinski definition) is 4. The molecule has 0 amide bonds. The zero-order valence-electron chi connectivity index (χ0n) is 11.6. The number of rotatable bonds is 6. The zero-order chi connectivity index (χ0) is 13.0. The molecule has 0 spiro atoms. The fourth-order valence-electron chi connectivity index (χ4n) is 2.35. The van der Waals surface area contributed by atoms with Crippen molar-refractivity contribution >= 4 is 5.95 Å². The Morgan fingerprint density at radius 1 is 1.56 bits per heavy atom. The SMILES string of the molecule is CN(C)c1ncc(CNCCC2CCOC2)n1C. The van der Waals surface area contributed by atoms with E-state index in [-0.39, 0.29) is 0 Å². The van der Waals surface area contributed by atoms with E-state index < -0.39 is 0 Å². The Balaban J connectivity index is 1.72. The Bertz CT molecular complexity index is 369. The van der Waals surface area contributed by atoms with E-state index in [2.05, 4.69) is 21.9 Å². The van der Waals surface area contributed by atoms with Gasteiger partial charge in [0.05, 0.1) is 11.9 Å². The third-order valence-electron chi connectivity index (χ3n) is 3.52. The maximum Gasteiger partial charge on any atom is 0.204 e. The van der Waals surface area contributed by atoms with Gasteiger partial charge in [-0.25, -0.2) is 4.98 Å². The van der Waals surface area contributed by atoms with Crippen molar-refractivity contribution < 1.29 is 4.74 Å². The number of hydrogen-bond donors (Lipinski definition) is 1. The minimum atomic E-state index is 0.751. The Morgan fingerprint density at radius 3 is 3.00 bits per heavy atom. The first-order valence-electron chi connectivity index (χ1n) is 6.65. The summed E-state index contributed by atoms with van der Waals surface area (Å²) in [7, 11) is 6.09. The van der Waals surface area contributed by atoms with Gasteiger partial charge in [0.1, 0.15) is 0 Å². The van der Waals surface area contributed by atoms with Crippen molar-refractivity contribution in [1.82, 2.24) is 14.9 Å². The molecule has 0 saturated carbocycles. The lowest BCUT2D eigenvalue weighted by atomic mass is 10.1. The molecule has 1 aromatic heterocycles. The molecule has 0 bridgehead atoms. The van der Waals surface area contributed by atoms with Gasteiger partial charge >= 0.3 is 0 Å². The standard InChI is InChI=1S/C13H24N4O/c1-16(2)13-15-9-12(17(13)3)8-14-6-4-11-5-7-18-10-11/h9,11,14H,4-8,10H2,1-3H3. The van der Waals surface area contributed by atoms with Gasteiger partial charge in [-0.3, -0.25) is 0 Å². The normalized spacial score (nSPS) is 19.4. The molecule has 1 fully saturated rings. The third kappa shape index (κ3) is 3.23. The second-order valence-electron chi connectivity index (χ2n) is 5.20. The number of nitrogens with one attached hydrogen (secondary N) is 1. The molecule has 2 heterocycles. The van der Waals surface area contributed by atoms with Gasteiger partial charge in [-0.15, -0.1) is 0 Å². The molecule has 1 aliphatic heterocycles. The maximum absolute atomic E-state index is 5.37. The van der Waals surface area contributed by atoms with Gasteiger partial charge in [0.2, 0.25) is 5.95 Å². The molecule has 1 atom stereocenters. The predicted octanol–water partition coefficient (Wildman–Crippen LogP) is 1.00. The van der Waals surface area contributed by atoms with Crippen molar-refractivity contribution in [3.05, 3.63) is 11.9 Å². The van der Waals surface area contributed by atoms with Crippen LogP contribution in [0.25, 0.3) is 0 Å². The summed E-state index contributed by atoms with van der Waals surface area (Å²) in [6, 6.07) is 0. The Hall–Kier alpha value is -1.07. The summed E-state index contributed by atoms with van der Waals surface area (Å²) in [5.74, 6) is 1.75. The Labute approximate surface area is 109 Å². The van der Waals surface area contributed by atoms with Crippen LogP contribution >= 0.6 is 0 Å². The number of nitrogens with zero attached hydrogens (tertiary/aromatic N) is 3. The Kier molecular flexibility index (Phi) is 4.60. The van der Waals surface area contributed by atoms with Crippen molar-refractivity contribution in [2.75, 3.05) is 38.8 Å². The van der Waals surface area contributed by atoms with E-state index in [0.717, 1.165) is 38.2 Å². The maximum atomic E-state index is 5.37. The summed E-state index contributed by atoms with van der Waals surface area (Å²) in [5, 5.41) is 3.49. The van der Waals surface area contributed by atoms with Crippen LogP contribution in [0, 0.1) is 5.92 Å². The van der Waals surface area contributed by atoms with Crippen molar-refractivity contribution in [2.45, 2.75) is 19.4 Å². The van der Waals surface area contributed by atoms with Crippen molar-refractivity contribution in [3.63, 3.8) is 0 Å². The third-order valence-corrected chi connectivity index (χ3v) is 3.52. The van der Waals surface area contributed by atoms with E-state index in [4.69, 9.17) is 4.74 Å². The fourth-order valence-corrected chi connectivity index (χ4v) is 2.35. The van der Waals surface area contributed by atoms with Crippen molar-refractivity contribution in [1.29, 1.82) is 0 Å². The molecule has 1 aromatic rings. The Morgan fingerprint density at radius 2 is 2.39 bits per heavy atom. The van der Waals surface area contributed by atoms with Crippen LogP contribution in [0.15, 0.2) is 6.20 Å². The van der Waals surface area contributed by atoms with E-state index >= 15 is 0 Å². The van der Waals surface area contributed by atoms with Crippen molar-refractivity contribution in [2.24, 2.45) is 13.0 Å². The van der Waals surface area contributed by atoms with E-state index in [9.17, 15) is 0 Å². The van der Waals surface area contributed by atoms with E-state index in [1.54, 1.807) is 0 Å². The number of anilines is 1. The molecular formula is C13H24N4O. The van der Waals surface area contributed by atoms with Gasteiger partial charge < -0.3 is 19.5 Å². The summed E-state index contributed by atoms with van der Waals surface area (Å²) in [5.41, 5.74) is 1.22. The van der Waals surface area contributed by atoms with Gasteiger partial charge in [0.25, 0.3) is 0 Å². The molecule has 5 heteroatoms. The predicted molar refractivity (Wildman–Crippen MR) is 72.8 cm³/mol. The molecule has 1 unspecified atom stereocenters. The number of ether oxygens (including phenoxy) is 1.